The first-order valence-electron chi connectivity index (χ1n) is 4.68. The molecule has 0 radical (unpaired) electrons. The standard InChI is InChI=1S/C9H15BrOSSi.HNO2/c1-7(11-13(2,3)4)8-5-12-6-9(8)10;2-1-3/h5-7H,1-4H3;(H,2,3). The van der Waals surface area contributed by atoms with Gasteiger partial charge in [0.1, 0.15) is 0 Å². The maximum atomic E-state index is 8.11. The Kier molecular flexibility index (Phi) is 7.05. The minimum atomic E-state index is -1.42. The van der Waals surface area contributed by atoms with Crippen LogP contribution in [0.3, 0.4) is 0 Å². The van der Waals surface area contributed by atoms with Crippen molar-refractivity contribution in [3.05, 3.63) is 25.7 Å². The Bertz CT molecular complexity index is 327. The van der Waals surface area contributed by atoms with Crippen molar-refractivity contribution in [2.45, 2.75) is 32.7 Å². The van der Waals surface area contributed by atoms with Crippen LogP contribution in [0.4, 0.5) is 0 Å². The maximum Gasteiger partial charge on any atom is 0.184 e. The highest BCUT2D eigenvalue weighted by Gasteiger charge is 2.20. The lowest BCUT2D eigenvalue weighted by atomic mass is 10.2. The monoisotopic (exact) mass is 325 g/mol. The van der Waals surface area contributed by atoms with Crippen LogP contribution in [0.1, 0.15) is 18.6 Å². The van der Waals surface area contributed by atoms with Crippen molar-refractivity contribution in [1.82, 2.24) is 0 Å². The zero-order valence-corrected chi connectivity index (χ0v) is 13.1. The summed E-state index contributed by atoms with van der Waals surface area (Å²) < 4.78 is 7.15. The summed E-state index contributed by atoms with van der Waals surface area (Å²) in [6.07, 6.45) is 0.215. The molecule has 16 heavy (non-hydrogen) atoms. The van der Waals surface area contributed by atoms with E-state index in [1.807, 2.05) is 0 Å². The second kappa shape index (κ2) is 7.15. The third kappa shape index (κ3) is 6.36. The molecular formula is C9H16BrNO3SSi. The van der Waals surface area contributed by atoms with Gasteiger partial charge in [-0.05, 0) is 47.9 Å². The maximum absolute atomic E-state index is 8.11. The molecule has 0 spiro atoms. The van der Waals surface area contributed by atoms with Gasteiger partial charge in [-0.1, -0.05) is 0 Å². The summed E-state index contributed by atoms with van der Waals surface area (Å²) in [7, 11) is -1.42. The lowest BCUT2D eigenvalue weighted by Gasteiger charge is -2.23. The van der Waals surface area contributed by atoms with Crippen molar-refractivity contribution in [3.8, 4) is 0 Å². The Labute approximate surface area is 109 Å². The molecule has 92 valence electrons. The van der Waals surface area contributed by atoms with E-state index in [-0.39, 0.29) is 6.10 Å². The van der Waals surface area contributed by atoms with Crippen LogP contribution in [0.25, 0.3) is 0 Å². The number of rotatable bonds is 3. The molecule has 4 nitrogen and oxygen atoms in total. The predicted octanol–water partition coefficient (Wildman–Crippen LogP) is 4.57. The van der Waals surface area contributed by atoms with Gasteiger partial charge in [0.25, 0.3) is 0 Å². The number of thiophene rings is 1. The topological polar surface area (TPSA) is 58.9 Å². The van der Waals surface area contributed by atoms with Gasteiger partial charge >= 0.3 is 0 Å². The highest BCUT2D eigenvalue weighted by atomic mass is 79.9. The molecule has 1 atom stereocenters. The molecule has 1 unspecified atom stereocenters. The average molecular weight is 326 g/mol. The van der Waals surface area contributed by atoms with Crippen LogP contribution in [-0.2, 0) is 4.43 Å². The summed E-state index contributed by atoms with van der Waals surface area (Å²) in [6, 6.07) is 0. The second-order valence-electron chi connectivity index (χ2n) is 4.13. The van der Waals surface area contributed by atoms with Gasteiger partial charge in [0.05, 0.1) is 6.10 Å². The molecule has 0 fully saturated rings. The number of nitrogens with zero attached hydrogens (tertiary/aromatic N) is 1. The van der Waals surface area contributed by atoms with Crippen molar-refractivity contribution in [1.29, 1.82) is 0 Å². The van der Waals surface area contributed by atoms with Crippen molar-refractivity contribution >= 4 is 35.6 Å². The van der Waals surface area contributed by atoms with E-state index in [2.05, 4.69) is 53.3 Å². The molecule has 1 N–H and O–H groups in total. The summed E-state index contributed by atoms with van der Waals surface area (Å²) in [5, 5.41) is 12.1. The van der Waals surface area contributed by atoms with Crippen LogP contribution in [0.2, 0.25) is 19.6 Å². The molecule has 1 aromatic rings. The summed E-state index contributed by atoms with van der Waals surface area (Å²) in [4.78, 5) is 8.11. The van der Waals surface area contributed by atoms with Crippen LogP contribution in [0.15, 0.2) is 20.6 Å². The molecule has 0 aliphatic rings. The van der Waals surface area contributed by atoms with Gasteiger partial charge < -0.3 is 9.63 Å². The molecule has 1 rings (SSSR count). The summed E-state index contributed by atoms with van der Waals surface area (Å²) in [5.41, 5.74) is 1.27. The first-order chi connectivity index (χ1) is 7.31. The summed E-state index contributed by atoms with van der Waals surface area (Å²) in [5.74, 6) is 0. The molecule has 1 aromatic heterocycles. The molecule has 0 saturated heterocycles. The highest BCUT2D eigenvalue weighted by Crippen LogP contribution is 2.30. The lowest BCUT2D eigenvalue weighted by molar-refractivity contribution is 0.219. The normalized spacial score (nSPS) is 12.6. The molecule has 7 heteroatoms. The molecular weight excluding hydrogens is 310 g/mol. The van der Waals surface area contributed by atoms with E-state index in [1.165, 1.54) is 15.4 Å². The van der Waals surface area contributed by atoms with Crippen LogP contribution < -0.4 is 0 Å². The van der Waals surface area contributed by atoms with Crippen molar-refractivity contribution in [2.24, 2.45) is 5.34 Å². The van der Waals surface area contributed by atoms with E-state index in [0.717, 1.165) is 0 Å². The summed E-state index contributed by atoms with van der Waals surface area (Å²) in [6.45, 7) is 8.75. The first-order valence-corrected chi connectivity index (χ1v) is 9.82. The average Bonchev–Trinajstić information content (AvgIpc) is 2.49. The van der Waals surface area contributed by atoms with Gasteiger partial charge in [0, 0.05) is 15.4 Å². The molecule has 1 heterocycles. The molecule has 0 amide bonds. The van der Waals surface area contributed by atoms with Crippen LogP contribution >= 0.6 is 27.3 Å². The first kappa shape index (κ1) is 15.8. The van der Waals surface area contributed by atoms with E-state index in [0.29, 0.717) is 0 Å². The van der Waals surface area contributed by atoms with E-state index < -0.39 is 8.32 Å². The number of hydrogen-bond acceptors (Lipinski definition) is 4. The Balaban J connectivity index is 0.000000673. The Morgan fingerprint density at radius 3 is 2.31 bits per heavy atom. The highest BCUT2D eigenvalue weighted by molar-refractivity contribution is 9.10. The van der Waals surface area contributed by atoms with Gasteiger partial charge in [0.2, 0.25) is 0 Å². The van der Waals surface area contributed by atoms with E-state index in [9.17, 15) is 0 Å². The van der Waals surface area contributed by atoms with E-state index >= 15 is 0 Å². The zero-order chi connectivity index (χ0) is 12.8. The van der Waals surface area contributed by atoms with Crippen molar-refractivity contribution < 1.29 is 9.63 Å². The Morgan fingerprint density at radius 1 is 1.50 bits per heavy atom. The third-order valence-corrected chi connectivity index (χ3v) is 4.42. The van der Waals surface area contributed by atoms with Crippen LogP contribution in [-0.4, -0.2) is 13.5 Å². The SMILES string of the molecule is CC(O[Si](C)(C)C)c1cscc1Br.O=NO. The quantitative estimate of drug-likeness (QED) is 0.503. The van der Waals surface area contributed by atoms with Crippen molar-refractivity contribution in [2.75, 3.05) is 0 Å². The minimum absolute atomic E-state index is 0.215. The molecule has 0 saturated carbocycles. The van der Waals surface area contributed by atoms with Gasteiger partial charge in [-0.2, -0.15) is 11.3 Å². The minimum Gasteiger partial charge on any atom is -0.411 e. The van der Waals surface area contributed by atoms with Crippen LogP contribution in [0.5, 0.6) is 0 Å². The van der Waals surface area contributed by atoms with Gasteiger partial charge in [-0.25, -0.2) is 0 Å². The van der Waals surface area contributed by atoms with Crippen LogP contribution in [0, 0.1) is 4.91 Å². The Hall–Kier alpha value is -0.243. The number of hydrogen-bond donors (Lipinski definition) is 1. The fourth-order valence-electron chi connectivity index (χ4n) is 1.18. The number of halogens is 1. The van der Waals surface area contributed by atoms with E-state index in [1.54, 1.807) is 11.3 Å². The predicted molar refractivity (Wildman–Crippen MR) is 72.4 cm³/mol. The fraction of sp³-hybridized carbons (Fsp3) is 0.556. The van der Waals surface area contributed by atoms with Gasteiger partial charge in [-0.3, -0.25) is 0 Å². The molecule has 0 aliphatic carbocycles. The fourth-order valence-corrected chi connectivity index (χ4v) is 4.06. The summed E-state index contributed by atoms with van der Waals surface area (Å²) >= 11 is 5.23. The largest absolute Gasteiger partial charge is 0.411 e. The molecule has 0 bridgehead atoms. The zero-order valence-electron chi connectivity index (χ0n) is 9.73. The second-order valence-corrected chi connectivity index (χ2v) is 10.2. The van der Waals surface area contributed by atoms with Gasteiger partial charge in [-0.15, -0.1) is 4.91 Å². The molecule has 0 aliphatic heterocycles. The lowest BCUT2D eigenvalue weighted by Crippen LogP contribution is -2.26. The molecule has 0 aromatic carbocycles. The van der Waals surface area contributed by atoms with E-state index in [4.69, 9.17) is 14.5 Å². The van der Waals surface area contributed by atoms with Crippen molar-refractivity contribution in [3.63, 3.8) is 0 Å². The van der Waals surface area contributed by atoms with Gasteiger partial charge in [0.15, 0.2) is 13.7 Å². The smallest absolute Gasteiger partial charge is 0.184 e. The third-order valence-electron chi connectivity index (χ3n) is 1.61. The Morgan fingerprint density at radius 2 is 2.00 bits per heavy atom.